The topological polar surface area (TPSA) is 28.6 Å². The molecule has 1 aromatic carbocycles. The molecule has 0 aliphatic carbocycles. The van der Waals surface area contributed by atoms with Crippen molar-refractivity contribution in [3.63, 3.8) is 0 Å². The van der Waals surface area contributed by atoms with Gasteiger partial charge in [0.05, 0.1) is 12.3 Å². The number of methoxy groups -OCH3 is 1. The summed E-state index contributed by atoms with van der Waals surface area (Å²) in [4.78, 5) is 9.74. The fourth-order valence-corrected chi connectivity index (χ4v) is 4.98. The third-order valence-corrected chi connectivity index (χ3v) is 6.46. The predicted molar refractivity (Wildman–Crippen MR) is 108 cm³/mol. The van der Waals surface area contributed by atoms with Crippen LogP contribution in [0.1, 0.15) is 24.1 Å². The molecule has 27 heavy (non-hydrogen) atoms. The van der Waals surface area contributed by atoms with E-state index in [2.05, 4.69) is 57.2 Å². The lowest BCUT2D eigenvalue weighted by Crippen LogP contribution is -2.44. The van der Waals surface area contributed by atoms with Crippen molar-refractivity contribution in [1.29, 1.82) is 0 Å². The van der Waals surface area contributed by atoms with Crippen LogP contribution in [0.5, 0.6) is 0 Å². The Balaban J connectivity index is 1.38. The summed E-state index contributed by atoms with van der Waals surface area (Å²) < 4.78 is 5.62. The maximum Gasteiger partial charge on any atom is 0.0543 e. The van der Waals surface area contributed by atoms with Gasteiger partial charge in [-0.15, -0.1) is 0 Å². The molecule has 0 N–H and O–H groups in total. The zero-order chi connectivity index (χ0) is 18.5. The lowest BCUT2D eigenvalue weighted by molar-refractivity contribution is 0.0350. The van der Waals surface area contributed by atoms with Crippen LogP contribution in [0.4, 0.5) is 0 Å². The largest absolute Gasteiger partial charge is 0.384 e. The van der Waals surface area contributed by atoms with Crippen LogP contribution in [0.3, 0.4) is 0 Å². The molecule has 0 bridgehead atoms. The summed E-state index contributed by atoms with van der Waals surface area (Å²) in [5.74, 6) is 0.630. The van der Waals surface area contributed by atoms with Gasteiger partial charge >= 0.3 is 0 Å². The number of benzene rings is 1. The average molecular weight is 366 g/mol. The molecule has 1 atom stereocenters. The van der Waals surface area contributed by atoms with Crippen molar-refractivity contribution in [3.05, 3.63) is 66.0 Å². The quantitative estimate of drug-likeness (QED) is 0.784. The highest BCUT2D eigenvalue weighted by molar-refractivity contribution is 5.15. The summed E-state index contributed by atoms with van der Waals surface area (Å²) in [5.41, 5.74) is 3.00. The summed E-state index contributed by atoms with van der Waals surface area (Å²) in [6, 6.07) is 17.1. The number of aromatic nitrogens is 1. The molecule has 4 nitrogen and oxygen atoms in total. The smallest absolute Gasteiger partial charge is 0.0543 e. The normalized spacial score (nSPS) is 23.1. The van der Waals surface area contributed by atoms with Gasteiger partial charge in [0.2, 0.25) is 0 Å². The van der Waals surface area contributed by atoms with E-state index < -0.39 is 0 Å². The second-order valence-corrected chi connectivity index (χ2v) is 8.27. The van der Waals surface area contributed by atoms with Gasteiger partial charge in [-0.2, -0.15) is 0 Å². The molecule has 1 aromatic heterocycles. The van der Waals surface area contributed by atoms with Crippen LogP contribution in [0.25, 0.3) is 0 Å². The van der Waals surface area contributed by atoms with Crippen LogP contribution in [0, 0.1) is 11.3 Å². The second kappa shape index (κ2) is 8.51. The molecule has 1 spiro atoms. The molecular weight excluding hydrogens is 334 g/mol. The molecule has 2 aliphatic heterocycles. The first-order valence-corrected chi connectivity index (χ1v) is 10.1. The van der Waals surface area contributed by atoms with Crippen molar-refractivity contribution in [2.75, 3.05) is 39.9 Å². The molecule has 2 saturated heterocycles. The summed E-state index contributed by atoms with van der Waals surface area (Å²) in [5, 5.41) is 0. The molecular formula is C23H31N3O. The lowest BCUT2D eigenvalue weighted by atomic mass is 9.71. The monoisotopic (exact) mass is 365 g/mol. The third-order valence-electron chi connectivity index (χ3n) is 6.46. The molecule has 2 fully saturated rings. The van der Waals surface area contributed by atoms with Crippen LogP contribution in [-0.4, -0.2) is 54.7 Å². The van der Waals surface area contributed by atoms with E-state index >= 15 is 0 Å². The van der Waals surface area contributed by atoms with E-state index in [1.165, 1.54) is 43.7 Å². The Morgan fingerprint density at radius 2 is 1.78 bits per heavy atom. The Labute approximate surface area is 163 Å². The van der Waals surface area contributed by atoms with E-state index in [1.807, 2.05) is 19.4 Å². The van der Waals surface area contributed by atoms with Crippen LogP contribution < -0.4 is 0 Å². The highest BCUT2D eigenvalue weighted by Crippen LogP contribution is 2.45. The predicted octanol–water partition coefficient (Wildman–Crippen LogP) is 3.44. The SMILES string of the molecule is COCC1CN(Cc2ccccn2)CC12CCN(Cc1ccccc1)CC2. The van der Waals surface area contributed by atoms with Gasteiger partial charge in [-0.1, -0.05) is 36.4 Å². The molecule has 2 aliphatic rings. The number of rotatable bonds is 6. The van der Waals surface area contributed by atoms with Crippen LogP contribution >= 0.6 is 0 Å². The Hall–Kier alpha value is -1.75. The van der Waals surface area contributed by atoms with E-state index in [1.54, 1.807) is 0 Å². The molecule has 1 unspecified atom stereocenters. The first-order valence-electron chi connectivity index (χ1n) is 10.1. The first kappa shape index (κ1) is 18.6. The molecule has 4 heteroatoms. The maximum atomic E-state index is 5.62. The highest BCUT2D eigenvalue weighted by Gasteiger charge is 2.47. The minimum Gasteiger partial charge on any atom is -0.384 e. The van der Waals surface area contributed by atoms with Crippen molar-refractivity contribution < 1.29 is 4.74 Å². The fourth-order valence-electron chi connectivity index (χ4n) is 4.98. The van der Waals surface area contributed by atoms with Gasteiger partial charge < -0.3 is 4.74 Å². The van der Waals surface area contributed by atoms with E-state index in [0.717, 1.165) is 26.2 Å². The maximum absolute atomic E-state index is 5.62. The van der Waals surface area contributed by atoms with Gasteiger partial charge in [0.1, 0.15) is 0 Å². The van der Waals surface area contributed by atoms with Gasteiger partial charge in [0, 0.05) is 45.4 Å². The van der Waals surface area contributed by atoms with E-state index in [4.69, 9.17) is 4.74 Å². The fraction of sp³-hybridized carbons (Fsp3) is 0.522. The van der Waals surface area contributed by atoms with E-state index in [-0.39, 0.29) is 0 Å². The second-order valence-electron chi connectivity index (χ2n) is 8.27. The molecule has 3 heterocycles. The highest BCUT2D eigenvalue weighted by atomic mass is 16.5. The molecule has 4 rings (SSSR count). The van der Waals surface area contributed by atoms with Crippen molar-refractivity contribution in [2.24, 2.45) is 11.3 Å². The minimum absolute atomic E-state index is 0.401. The Bertz CT molecular complexity index is 698. The number of likely N-dealkylation sites (tertiary alicyclic amines) is 2. The standard InChI is InChI=1S/C23H31N3O/c1-27-18-21-16-26(17-22-9-5-6-12-24-22)19-23(21)10-13-25(14-11-23)15-20-7-3-2-4-8-20/h2-9,12,21H,10-11,13-19H2,1H3. The summed E-state index contributed by atoms with van der Waals surface area (Å²) in [6.07, 6.45) is 4.44. The first-order chi connectivity index (χ1) is 13.3. The third kappa shape index (κ3) is 4.40. The van der Waals surface area contributed by atoms with Crippen molar-refractivity contribution in [1.82, 2.24) is 14.8 Å². The van der Waals surface area contributed by atoms with E-state index in [0.29, 0.717) is 11.3 Å². The number of nitrogens with zero attached hydrogens (tertiary/aromatic N) is 3. The van der Waals surface area contributed by atoms with Gasteiger partial charge in [-0.05, 0) is 49.0 Å². The van der Waals surface area contributed by atoms with Gasteiger partial charge in [-0.25, -0.2) is 0 Å². The molecule has 0 radical (unpaired) electrons. The molecule has 0 amide bonds. The molecule has 0 saturated carbocycles. The zero-order valence-electron chi connectivity index (χ0n) is 16.4. The van der Waals surface area contributed by atoms with Crippen LogP contribution in [0.2, 0.25) is 0 Å². The Morgan fingerprint density at radius 3 is 2.48 bits per heavy atom. The summed E-state index contributed by atoms with van der Waals surface area (Å²) in [7, 11) is 1.85. The van der Waals surface area contributed by atoms with Crippen molar-refractivity contribution in [3.8, 4) is 0 Å². The summed E-state index contributed by atoms with van der Waals surface area (Å²) >= 11 is 0. The van der Waals surface area contributed by atoms with E-state index in [9.17, 15) is 0 Å². The lowest BCUT2D eigenvalue weighted by Gasteiger charge is -2.42. The van der Waals surface area contributed by atoms with Crippen LogP contribution in [0.15, 0.2) is 54.7 Å². The number of ether oxygens (including phenoxy) is 1. The van der Waals surface area contributed by atoms with Gasteiger partial charge in [0.15, 0.2) is 0 Å². The average Bonchev–Trinajstić information content (AvgIpc) is 3.02. The Kier molecular flexibility index (Phi) is 5.86. The molecule has 144 valence electrons. The Morgan fingerprint density at radius 1 is 1.00 bits per heavy atom. The van der Waals surface area contributed by atoms with Crippen LogP contribution in [-0.2, 0) is 17.8 Å². The number of hydrogen-bond donors (Lipinski definition) is 0. The van der Waals surface area contributed by atoms with Gasteiger partial charge in [-0.3, -0.25) is 14.8 Å². The minimum atomic E-state index is 0.401. The van der Waals surface area contributed by atoms with Crippen molar-refractivity contribution >= 4 is 0 Å². The number of pyridine rings is 1. The molecule has 2 aromatic rings. The van der Waals surface area contributed by atoms with Gasteiger partial charge in [0.25, 0.3) is 0 Å². The zero-order valence-corrected chi connectivity index (χ0v) is 16.4. The number of piperidine rings is 1. The van der Waals surface area contributed by atoms with Crippen molar-refractivity contribution in [2.45, 2.75) is 25.9 Å². The number of hydrogen-bond acceptors (Lipinski definition) is 4. The summed E-state index contributed by atoms with van der Waals surface area (Å²) in [6.45, 7) is 7.58.